The average molecular weight is 507 g/mol. The zero-order valence-electron chi connectivity index (χ0n) is 17.2. The van der Waals surface area contributed by atoms with E-state index in [9.17, 15) is 13.2 Å². The maximum atomic E-state index is 13.3. The fraction of sp³-hybridized carbons (Fsp3) is 0.435. The molecule has 0 spiro atoms. The van der Waals surface area contributed by atoms with E-state index in [2.05, 4.69) is 20.7 Å². The molecule has 6 nitrogen and oxygen atoms in total. The molecule has 1 heterocycles. The number of morpholine rings is 1. The van der Waals surface area contributed by atoms with Gasteiger partial charge in [0.2, 0.25) is 15.9 Å². The maximum Gasteiger partial charge on any atom is 0.240 e. The summed E-state index contributed by atoms with van der Waals surface area (Å²) in [6.45, 7) is 1.66. The van der Waals surface area contributed by atoms with Crippen molar-refractivity contribution in [1.29, 1.82) is 0 Å². The molecule has 0 bridgehead atoms. The van der Waals surface area contributed by atoms with Gasteiger partial charge in [-0.15, -0.1) is 0 Å². The molecule has 1 amide bonds. The van der Waals surface area contributed by atoms with Crippen molar-refractivity contribution in [3.63, 3.8) is 0 Å². The highest BCUT2D eigenvalue weighted by Crippen LogP contribution is 2.32. The minimum Gasteiger partial charge on any atom is -0.377 e. The van der Waals surface area contributed by atoms with Crippen LogP contribution in [0.4, 0.5) is 0 Å². The number of ether oxygens (including phenoxy) is 1. The van der Waals surface area contributed by atoms with Crippen LogP contribution in [0, 0.1) is 5.92 Å². The standard InChI is InChI=1S/C23H27BrN2O4S/c24-19-8-12-21(13-9-19)31(28,29)25-20-10-6-18(7-11-20)23(27)26-14-15-30-16-22(26)17-4-2-1-3-5-17/h1-5,8-9,12-13,18,20,22,25H,6-7,10-11,14-16H2/t18?,20?,22-/m0/s1. The van der Waals surface area contributed by atoms with E-state index in [1.165, 1.54) is 0 Å². The van der Waals surface area contributed by atoms with Gasteiger partial charge in [-0.25, -0.2) is 13.1 Å². The van der Waals surface area contributed by atoms with E-state index in [4.69, 9.17) is 4.74 Å². The first-order valence-corrected chi connectivity index (χ1v) is 12.9. The summed E-state index contributed by atoms with van der Waals surface area (Å²) >= 11 is 3.32. The van der Waals surface area contributed by atoms with E-state index < -0.39 is 10.0 Å². The SMILES string of the molecule is O=C(C1CCC(NS(=O)(=O)c2ccc(Br)cc2)CC1)N1CCOC[C@H]1c1ccccc1. The molecular formula is C23H27BrN2O4S. The van der Waals surface area contributed by atoms with Gasteiger partial charge in [0.05, 0.1) is 24.2 Å². The van der Waals surface area contributed by atoms with Crippen LogP contribution in [0.1, 0.15) is 37.3 Å². The molecular weight excluding hydrogens is 480 g/mol. The largest absolute Gasteiger partial charge is 0.377 e. The summed E-state index contributed by atoms with van der Waals surface area (Å²) in [5.41, 5.74) is 1.09. The minimum atomic E-state index is -3.56. The van der Waals surface area contributed by atoms with Crippen molar-refractivity contribution in [2.45, 2.75) is 42.7 Å². The lowest BCUT2D eigenvalue weighted by atomic mass is 9.85. The van der Waals surface area contributed by atoms with Crippen molar-refractivity contribution < 1.29 is 17.9 Å². The van der Waals surface area contributed by atoms with Crippen LogP contribution in [-0.4, -0.2) is 45.0 Å². The zero-order valence-corrected chi connectivity index (χ0v) is 19.6. The molecule has 166 valence electrons. The smallest absolute Gasteiger partial charge is 0.240 e. The molecule has 2 aromatic rings. The van der Waals surface area contributed by atoms with Crippen LogP contribution in [0.2, 0.25) is 0 Å². The van der Waals surface area contributed by atoms with Crippen LogP contribution in [0.15, 0.2) is 64.0 Å². The Kier molecular flexibility index (Phi) is 7.11. The van der Waals surface area contributed by atoms with E-state index in [1.807, 2.05) is 35.2 Å². The van der Waals surface area contributed by atoms with Crippen LogP contribution in [-0.2, 0) is 19.6 Å². The van der Waals surface area contributed by atoms with Gasteiger partial charge in [0.25, 0.3) is 0 Å². The number of carbonyl (C=O) groups excluding carboxylic acids is 1. The predicted octanol–water partition coefficient (Wildman–Crippen LogP) is 3.89. The van der Waals surface area contributed by atoms with E-state index in [1.54, 1.807) is 24.3 Å². The van der Waals surface area contributed by atoms with E-state index >= 15 is 0 Å². The topological polar surface area (TPSA) is 75.7 Å². The summed E-state index contributed by atoms with van der Waals surface area (Å²) in [5.74, 6) is 0.0871. The maximum absolute atomic E-state index is 13.3. The van der Waals surface area contributed by atoms with E-state index in [0.717, 1.165) is 10.0 Å². The second-order valence-electron chi connectivity index (χ2n) is 8.16. The molecule has 31 heavy (non-hydrogen) atoms. The number of hydrogen-bond acceptors (Lipinski definition) is 4. The monoisotopic (exact) mass is 506 g/mol. The number of amides is 1. The van der Waals surface area contributed by atoms with Gasteiger partial charge in [-0.3, -0.25) is 4.79 Å². The Hall–Kier alpha value is -1.74. The molecule has 2 fully saturated rings. The zero-order chi connectivity index (χ0) is 21.8. The number of carbonyl (C=O) groups is 1. The Bertz CT molecular complexity index is 990. The number of benzene rings is 2. The lowest BCUT2D eigenvalue weighted by Crippen LogP contribution is -2.47. The first-order valence-electron chi connectivity index (χ1n) is 10.6. The number of hydrogen-bond donors (Lipinski definition) is 1. The van der Waals surface area contributed by atoms with Crippen molar-refractivity contribution in [3.8, 4) is 0 Å². The minimum absolute atomic E-state index is 0.0592. The molecule has 1 aliphatic carbocycles. The molecule has 2 aliphatic rings. The summed E-state index contributed by atoms with van der Waals surface area (Å²) in [4.78, 5) is 15.5. The lowest BCUT2D eigenvalue weighted by Gasteiger charge is -2.39. The molecule has 0 aromatic heterocycles. The molecule has 0 radical (unpaired) electrons. The van der Waals surface area contributed by atoms with Gasteiger partial charge >= 0.3 is 0 Å². The van der Waals surface area contributed by atoms with Crippen LogP contribution < -0.4 is 4.72 Å². The van der Waals surface area contributed by atoms with Crippen LogP contribution >= 0.6 is 15.9 Å². The molecule has 8 heteroatoms. The first kappa shape index (κ1) is 22.5. The van der Waals surface area contributed by atoms with Gasteiger partial charge in [-0.05, 0) is 55.5 Å². The van der Waals surface area contributed by atoms with Crippen molar-refractivity contribution >= 4 is 31.9 Å². The molecule has 4 rings (SSSR count). The third-order valence-corrected chi connectivity index (χ3v) is 8.18. The van der Waals surface area contributed by atoms with Gasteiger partial charge in [0, 0.05) is 23.0 Å². The summed E-state index contributed by atoms with van der Waals surface area (Å²) in [7, 11) is -3.56. The summed E-state index contributed by atoms with van der Waals surface area (Å²) in [5, 5.41) is 0. The highest BCUT2D eigenvalue weighted by Gasteiger charge is 2.35. The van der Waals surface area contributed by atoms with Crippen LogP contribution in [0.3, 0.4) is 0 Å². The fourth-order valence-electron chi connectivity index (χ4n) is 4.41. The molecule has 1 saturated carbocycles. The summed E-state index contributed by atoms with van der Waals surface area (Å²) < 4.78 is 34.6. The van der Waals surface area contributed by atoms with Gasteiger partial charge in [0.15, 0.2) is 0 Å². The van der Waals surface area contributed by atoms with Crippen molar-refractivity contribution in [2.24, 2.45) is 5.92 Å². The van der Waals surface area contributed by atoms with Crippen LogP contribution in [0.25, 0.3) is 0 Å². The number of nitrogens with one attached hydrogen (secondary N) is 1. The molecule has 0 unspecified atom stereocenters. The predicted molar refractivity (Wildman–Crippen MR) is 122 cm³/mol. The second-order valence-corrected chi connectivity index (χ2v) is 10.8. The highest BCUT2D eigenvalue weighted by molar-refractivity contribution is 9.10. The summed E-state index contributed by atoms with van der Waals surface area (Å²) in [6, 6.07) is 16.4. The quantitative estimate of drug-likeness (QED) is 0.667. The normalized spacial score (nSPS) is 24.7. The second kappa shape index (κ2) is 9.81. The Morgan fingerprint density at radius 3 is 2.35 bits per heavy atom. The first-order chi connectivity index (χ1) is 14.9. The summed E-state index contributed by atoms with van der Waals surface area (Å²) in [6.07, 6.45) is 2.69. The average Bonchev–Trinajstić information content (AvgIpc) is 2.80. The Morgan fingerprint density at radius 2 is 1.68 bits per heavy atom. The third-order valence-electron chi connectivity index (χ3n) is 6.12. The number of rotatable bonds is 5. The van der Waals surface area contributed by atoms with Gasteiger partial charge < -0.3 is 9.64 Å². The number of halogens is 1. The Morgan fingerprint density at radius 1 is 1.00 bits per heavy atom. The Labute approximate surface area is 192 Å². The molecule has 1 aliphatic heterocycles. The van der Waals surface area contributed by atoms with Crippen molar-refractivity contribution in [2.75, 3.05) is 19.8 Å². The highest BCUT2D eigenvalue weighted by atomic mass is 79.9. The Balaban J connectivity index is 1.36. The van der Waals surface area contributed by atoms with E-state index in [-0.39, 0.29) is 28.8 Å². The lowest BCUT2D eigenvalue weighted by molar-refractivity contribution is -0.145. The third kappa shape index (κ3) is 5.37. The van der Waals surface area contributed by atoms with Gasteiger partial charge in [-0.1, -0.05) is 46.3 Å². The number of sulfonamides is 1. The number of nitrogens with zero attached hydrogens (tertiary/aromatic N) is 1. The van der Waals surface area contributed by atoms with Crippen molar-refractivity contribution in [1.82, 2.24) is 9.62 Å². The van der Waals surface area contributed by atoms with Crippen LogP contribution in [0.5, 0.6) is 0 Å². The molecule has 1 atom stereocenters. The van der Waals surface area contributed by atoms with E-state index in [0.29, 0.717) is 45.4 Å². The fourth-order valence-corrected chi connectivity index (χ4v) is 5.98. The van der Waals surface area contributed by atoms with Crippen molar-refractivity contribution in [3.05, 3.63) is 64.6 Å². The van der Waals surface area contributed by atoms with Gasteiger partial charge in [0.1, 0.15) is 0 Å². The van der Waals surface area contributed by atoms with Gasteiger partial charge in [-0.2, -0.15) is 0 Å². The molecule has 1 saturated heterocycles. The molecule has 2 aromatic carbocycles. The molecule has 1 N–H and O–H groups in total.